The van der Waals surface area contributed by atoms with Gasteiger partial charge in [0, 0.05) is 43.4 Å². The average molecular weight is 605 g/mol. The minimum absolute atomic E-state index is 0.260. The number of nitrogens with zero attached hydrogens (tertiary/aromatic N) is 1. The number of aryl methyl sites for hydroxylation is 1. The Bertz CT molecular complexity index is 2400. The summed E-state index contributed by atoms with van der Waals surface area (Å²) in [7, 11) is 0. The highest BCUT2D eigenvalue weighted by Gasteiger charge is 2.29. The minimum Gasteiger partial charge on any atom is -0.308 e. The number of halogens is 2. The summed E-state index contributed by atoms with van der Waals surface area (Å²) in [6.07, 6.45) is 2.02. The number of hydrogen-bond donors (Lipinski definition) is 0. The van der Waals surface area contributed by atoms with E-state index in [-0.39, 0.29) is 5.92 Å². The molecular weight excluding hydrogens is 577 g/mol. The molecule has 0 fully saturated rings. The van der Waals surface area contributed by atoms with Crippen molar-refractivity contribution < 1.29 is 0 Å². The molecule has 0 spiro atoms. The van der Waals surface area contributed by atoms with E-state index >= 15 is 0 Å². The quantitative estimate of drug-likeness (QED) is 0.185. The van der Waals surface area contributed by atoms with E-state index in [0.717, 1.165) is 34.0 Å². The van der Waals surface area contributed by atoms with Gasteiger partial charge in [-0.1, -0.05) is 120 Å². The van der Waals surface area contributed by atoms with Crippen LogP contribution < -0.4 is 0 Å². The Morgan fingerprint density at radius 3 is 1.93 bits per heavy atom. The Morgan fingerprint density at radius 1 is 0.545 bits per heavy atom. The van der Waals surface area contributed by atoms with E-state index in [1.54, 1.807) is 0 Å². The lowest BCUT2D eigenvalue weighted by molar-refractivity contribution is 0.730. The van der Waals surface area contributed by atoms with Crippen LogP contribution in [0.3, 0.4) is 0 Å². The average Bonchev–Trinajstić information content (AvgIpc) is 3.30. The number of hydrogen-bond acceptors (Lipinski definition) is 0. The second kappa shape index (κ2) is 9.99. The van der Waals surface area contributed by atoms with Crippen molar-refractivity contribution in [2.24, 2.45) is 0 Å². The third-order valence-electron chi connectivity index (χ3n) is 9.52. The number of aromatic nitrogens is 1. The molecule has 1 nitrogen and oxygen atoms in total. The van der Waals surface area contributed by atoms with Crippen LogP contribution in [0.2, 0.25) is 10.0 Å². The van der Waals surface area contributed by atoms with Gasteiger partial charge >= 0.3 is 0 Å². The van der Waals surface area contributed by atoms with Crippen LogP contribution in [0.25, 0.3) is 60.2 Å². The van der Waals surface area contributed by atoms with Crippen LogP contribution in [-0.4, -0.2) is 4.57 Å². The lowest BCUT2D eigenvalue weighted by Crippen LogP contribution is -2.03. The van der Waals surface area contributed by atoms with Crippen molar-refractivity contribution in [1.29, 1.82) is 0 Å². The van der Waals surface area contributed by atoms with Gasteiger partial charge in [-0.15, -0.1) is 0 Å². The van der Waals surface area contributed by atoms with E-state index in [4.69, 9.17) is 23.2 Å². The first-order valence-corrected chi connectivity index (χ1v) is 15.9. The lowest BCUT2D eigenvalue weighted by atomic mass is 9.82. The van der Waals surface area contributed by atoms with Crippen molar-refractivity contribution in [1.82, 2.24) is 4.57 Å². The summed E-state index contributed by atoms with van der Waals surface area (Å²) >= 11 is 13.0. The van der Waals surface area contributed by atoms with Gasteiger partial charge in [0.05, 0.1) is 11.0 Å². The highest BCUT2D eigenvalue weighted by molar-refractivity contribution is 6.32. The third-order valence-corrected chi connectivity index (χ3v) is 9.99. The molecule has 1 aliphatic carbocycles. The molecular formula is C41H27Cl2N. The molecule has 1 atom stereocenters. The fourth-order valence-corrected chi connectivity index (χ4v) is 8.02. The van der Waals surface area contributed by atoms with Gasteiger partial charge in [0.25, 0.3) is 0 Å². The Kier molecular flexibility index (Phi) is 5.88. The summed E-state index contributed by atoms with van der Waals surface area (Å²) in [6, 6.07) is 48.2. The van der Waals surface area contributed by atoms with Crippen molar-refractivity contribution in [2.45, 2.75) is 18.8 Å². The Hall–Kier alpha value is -4.56. The number of para-hydroxylation sites is 1. The standard InChI is InChI=1S/C41H27Cl2N/c42-29-15-21-33-27(23-29)14-20-37-38-26(11-17-32(39(33)37)25-7-3-1-4-8-25)12-18-36-35-19-13-28-24-30(43)16-22-34(28)40(35)44(41(36)38)31-9-5-2-6-10-31/h1-10,12-16,18-24,32H,11,17H2. The van der Waals surface area contributed by atoms with E-state index in [0.29, 0.717) is 0 Å². The molecule has 3 heteroatoms. The Morgan fingerprint density at radius 2 is 1.16 bits per heavy atom. The molecule has 0 saturated heterocycles. The predicted molar refractivity (Wildman–Crippen MR) is 188 cm³/mol. The maximum atomic E-state index is 6.53. The molecule has 1 aliphatic rings. The van der Waals surface area contributed by atoms with Gasteiger partial charge in [-0.2, -0.15) is 0 Å². The SMILES string of the molecule is Clc1ccc2c3c(ccc2c1)-c1c(ccc2c4ccc5cc(Cl)ccc5c4n(-c4ccccc4)c12)CCC3c1ccccc1. The second-order valence-electron chi connectivity index (χ2n) is 11.9. The first-order chi connectivity index (χ1) is 21.7. The van der Waals surface area contributed by atoms with E-state index < -0.39 is 0 Å². The molecule has 210 valence electrons. The zero-order valence-electron chi connectivity index (χ0n) is 23.9. The zero-order valence-corrected chi connectivity index (χ0v) is 25.4. The van der Waals surface area contributed by atoms with Gasteiger partial charge in [-0.3, -0.25) is 0 Å². The van der Waals surface area contributed by atoms with Gasteiger partial charge in [0.15, 0.2) is 0 Å². The molecule has 7 aromatic carbocycles. The minimum atomic E-state index is 0.260. The molecule has 1 heterocycles. The van der Waals surface area contributed by atoms with Gasteiger partial charge in [-0.25, -0.2) is 0 Å². The van der Waals surface area contributed by atoms with Crippen molar-refractivity contribution in [2.75, 3.05) is 0 Å². The number of benzene rings is 7. The van der Waals surface area contributed by atoms with Crippen LogP contribution in [0.1, 0.15) is 29.0 Å². The molecule has 0 radical (unpaired) electrons. The number of fused-ring (bicyclic) bond motifs is 11. The fraction of sp³-hybridized carbons (Fsp3) is 0.0732. The van der Waals surface area contributed by atoms with Crippen LogP contribution in [-0.2, 0) is 6.42 Å². The molecule has 8 aromatic rings. The highest BCUT2D eigenvalue weighted by Crippen LogP contribution is 2.49. The maximum Gasteiger partial charge on any atom is 0.0622 e. The van der Waals surface area contributed by atoms with E-state index in [1.807, 2.05) is 12.1 Å². The summed E-state index contributed by atoms with van der Waals surface area (Å²) < 4.78 is 2.50. The first kappa shape index (κ1) is 25.9. The maximum absolute atomic E-state index is 6.53. The van der Waals surface area contributed by atoms with Gasteiger partial charge < -0.3 is 4.57 Å². The number of rotatable bonds is 2. The summed E-state index contributed by atoms with van der Waals surface area (Å²) in [5, 5.41) is 8.82. The summed E-state index contributed by atoms with van der Waals surface area (Å²) in [5.74, 6) is 0.260. The smallest absolute Gasteiger partial charge is 0.0622 e. The Balaban J connectivity index is 1.48. The molecule has 0 amide bonds. The summed E-state index contributed by atoms with van der Waals surface area (Å²) in [4.78, 5) is 0. The molecule has 1 unspecified atom stereocenters. The van der Waals surface area contributed by atoms with Crippen molar-refractivity contribution in [3.05, 3.63) is 160 Å². The largest absolute Gasteiger partial charge is 0.308 e. The van der Waals surface area contributed by atoms with Gasteiger partial charge in [0.1, 0.15) is 0 Å². The van der Waals surface area contributed by atoms with E-state index in [2.05, 4.69) is 126 Å². The second-order valence-corrected chi connectivity index (χ2v) is 12.8. The van der Waals surface area contributed by atoms with Gasteiger partial charge in [0.2, 0.25) is 0 Å². The molecule has 44 heavy (non-hydrogen) atoms. The molecule has 0 N–H and O–H groups in total. The summed E-state index contributed by atoms with van der Waals surface area (Å²) in [6.45, 7) is 0. The molecule has 0 bridgehead atoms. The molecule has 0 saturated carbocycles. The highest BCUT2D eigenvalue weighted by atomic mass is 35.5. The van der Waals surface area contributed by atoms with Crippen molar-refractivity contribution >= 4 is 66.6 Å². The van der Waals surface area contributed by atoms with E-state index in [9.17, 15) is 0 Å². The zero-order chi connectivity index (χ0) is 29.4. The van der Waals surface area contributed by atoms with Crippen LogP contribution in [0.15, 0.2) is 133 Å². The molecule has 0 aliphatic heterocycles. The monoisotopic (exact) mass is 603 g/mol. The van der Waals surface area contributed by atoms with Crippen LogP contribution in [0.4, 0.5) is 0 Å². The van der Waals surface area contributed by atoms with Gasteiger partial charge in [-0.05, 0) is 87.7 Å². The normalized spacial score (nSPS) is 14.6. The summed E-state index contributed by atoms with van der Waals surface area (Å²) in [5.41, 5.74) is 10.4. The lowest BCUT2D eigenvalue weighted by Gasteiger charge is -2.22. The topological polar surface area (TPSA) is 4.93 Å². The van der Waals surface area contributed by atoms with Crippen molar-refractivity contribution in [3.63, 3.8) is 0 Å². The van der Waals surface area contributed by atoms with Crippen LogP contribution in [0.5, 0.6) is 0 Å². The van der Waals surface area contributed by atoms with Crippen LogP contribution in [0, 0.1) is 0 Å². The van der Waals surface area contributed by atoms with Crippen molar-refractivity contribution in [3.8, 4) is 16.8 Å². The first-order valence-electron chi connectivity index (χ1n) is 15.2. The molecule has 1 aromatic heterocycles. The van der Waals surface area contributed by atoms with E-state index in [1.165, 1.54) is 65.8 Å². The van der Waals surface area contributed by atoms with Crippen LogP contribution >= 0.6 is 23.2 Å². The fourth-order valence-electron chi connectivity index (χ4n) is 7.66. The predicted octanol–water partition coefficient (Wildman–Crippen LogP) is 12.1. The third kappa shape index (κ3) is 3.86. The Labute approximate surface area is 265 Å². The molecule has 9 rings (SSSR count).